The van der Waals surface area contributed by atoms with E-state index >= 15 is 0 Å². The van der Waals surface area contributed by atoms with Crippen molar-refractivity contribution in [2.24, 2.45) is 5.92 Å². The Labute approximate surface area is 171 Å². The zero-order chi connectivity index (χ0) is 20.7. The van der Waals surface area contributed by atoms with Gasteiger partial charge in [-0.05, 0) is 43.2 Å². The van der Waals surface area contributed by atoms with Crippen molar-refractivity contribution in [1.29, 1.82) is 0 Å². The van der Waals surface area contributed by atoms with Crippen LogP contribution in [0.15, 0.2) is 51.7 Å². The molecule has 5 rings (SSSR count). The highest BCUT2D eigenvalue weighted by Gasteiger charge is 2.30. The van der Waals surface area contributed by atoms with Gasteiger partial charge in [-0.3, -0.25) is 14.2 Å². The largest absolute Gasteiger partial charge is 0.454 e. The summed E-state index contributed by atoms with van der Waals surface area (Å²) in [5.41, 5.74) is 1.58. The Bertz CT molecular complexity index is 1190. The lowest BCUT2D eigenvalue weighted by Gasteiger charge is -2.32. The Kier molecular flexibility index (Phi) is 4.54. The van der Waals surface area contributed by atoms with Crippen LogP contribution in [0.25, 0.3) is 11.1 Å². The van der Waals surface area contributed by atoms with Crippen LogP contribution in [0.2, 0.25) is 0 Å². The molecule has 0 aliphatic carbocycles. The van der Waals surface area contributed by atoms with Crippen molar-refractivity contribution in [3.8, 4) is 11.5 Å². The van der Waals surface area contributed by atoms with E-state index in [0.717, 1.165) is 6.42 Å². The third-order valence-electron chi connectivity index (χ3n) is 5.67. The van der Waals surface area contributed by atoms with E-state index in [1.165, 1.54) is 4.57 Å². The van der Waals surface area contributed by atoms with Gasteiger partial charge in [0.1, 0.15) is 6.54 Å². The molecule has 1 atom stereocenters. The Hall–Kier alpha value is -3.55. The lowest BCUT2D eigenvalue weighted by atomic mass is 9.90. The molecule has 1 unspecified atom stereocenters. The molecule has 0 saturated carbocycles. The van der Waals surface area contributed by atoms with Gasteiger partial charge in [-0.25, -0.2) is 4.79 Å². The molecule has 8 nitrogen and oxygen atoms in total. The highest BCUT2D eigenvalue weighted by atomic mass is 16.7. The number of likely N-dealkylation sites (tertiary alicyclic amines) is 1. The number of carbonyl (C=O) groups is 2. The van der Waals surface area contributed by atoms with Crippen molar-refractivity contribution >= 4 is 22.8 Å². The average molecular weight is 408 g/mol. The van der Waals surface area contributed by atoms with Crippen LogP contribution in [-0.4, -0.2) is 41.0 Å². The Morgan fingerprint density at radius 2 is 1.90 bits per heavy atom. The first-order valence-electron chi connectivity index (χ1n) is 9.90. The summed E-state index contributed by atoms with van der Waals surface area (Å²) in [5.74, 6) is 0.125. The quantitative estimate of drug-likeness (QED) is 0.616. The van der Waals surface area contributed by atoms with Gasteiger partial charge in [0.05, 0.1) is 5.52 Å². The SMILES string of the molecule is O=C(c1ccc2c(c1)OCO2)C1CCCN(C(=O)Cn2c(=O)oc3ccccc32)C1. The van der Waals surface area contributed by atoms with Crippen LogP contribution in [-0.2, 0) is 11.3 Å². The number of hydrogen-bond acceptors (Lipinski definition) is 6. The van der Waals surface area contributed by atoms with Crippen LogP contribution < -0.4 is 15.2 Å². The molecule has 1 saturated heterocycles. The maximum atomic E-state index is 13.0. The van der Waals surface area contributed by atoms with E-state index < -0.39 is 5.76 Å². The first-order chi connectivity index (χ1) is 14.6. The zero-order valence-corrected chi connectivity index (χ0v) is 16.2. The molecule has 3 aromatic rings. The monoisotopic (exact) mass is 408 g/mol. The number of rotatable bonds is 4. The van der Waals surface area contributed by atoms with Gasteiger partial charge in [0.15, 0.2) is 22.9 Å². The second-order valence-electron chi connectivity index (χ2n) is 7.53. The number of oxazole rings is 1. The number of ether oxygens (including phenoxy) is 2. The summed E-state index contributed by atoms with van der Waals surface area (Å²) in [4.78, 5) is 39.7. The Balaban J connectivity index is 1.31. The molecule has 0 N–H and O–H groups in total. The van der Waals surface area contributed by atoms with Crippen LogP contribution in [0.1, 0.15) is 23.2 Å². The molecule has 2 aliphatic heterocycles. The summed E-state index contributed by atoms with van der Waals surface area (Å²) in [7, 11) is 0. The van der Waals surface area contributed by atoms with E-state index in [9.17, 15) is 14.4 Å². The van der Waals surface area contributed by atoms with E-state index in [2.05, 4.69) is 0 Å². The first kappa shape index (κ1) is 18.5. The third-order valence-corrected chi connectivity index (χ3v) is 5.67. The maximum absolute atomic E-state index is 13.0. The highest BCUT2D eigenvalue weighted by molar-refractivity contribution is 5.99. The number of para-hydroxylation sites is 2. The summed E-state index contributed by atoms with van der Waals surface area (Å²) in [6.45, 7) is 0.937. The van der Waals surface area contributed by atoms with Crippen molar-refractivity contribution in [3.05, 3.63) is 58.6 Å². The summed E-state index contributed by atoms with van der Waals surface area (Å²) in [6, 6.07) is 12.2. The number of carbonyl (C=O) groups excluding carboxylic acids is 2. The predicted octanol–water partition coefficient (Wildman–Crippen LogP) is 2.44. The van der Waals surface area contributed by atoms with E-state index in [4.69, 9.17) is 13.9 Å². The second kappa shape index (κ2) is 7.37. The van der Waals surface area contributed by atoms with Gasteiger partial charge in [-0.2, -0.15) is 0 Å². The minimum absolute atomic E-state index is 0.0169. The number of amides is 1. The predicted molar refractivity (Wildman–Crippen MR) is 107 cm³/mol. The minimum atomic E-state index is -0.561. The Morgan fingerprint density at radius 3 is 2.80 bits per heavy atom. The normalized spacial score (nSPS) is 18.0. The van der Waals surface area contributed by atoms with Crippen LogP contribution in [0.5, 0.6) is 11.5 Å². The fourth-order valence-electron chi connectivity index (χ4n) is 4.10. The van der Waals surface area contributed by atoms with Crippen molar-refractivity contribution in [2.45, 2.75) is 19.4 Å². The third kappa shape index (κ3) is 3.24. The number of ketones is 1. The summed E-state index contributed by atoms with van der Waals surface area (Å²) in [5, 5.41) is 0. The molecule has 1 aromatic heterocycles. The van der Waals surface area contributed by atoms with E-state index in [1.54, 1.807) is 47.4 Å². The van der Waals surface area contributed by atoms with Gasteiger partial charge in [0.25, 0.3) is 0 Å². The summed E-state index contributed by atoms with van der Waals surface area (Å²) < 4.78 is 17.2. The molecule has 0 spiro atoms. The molecule has 2 aromatic carbocycles. The van der Waals surface area contributed by atoms with Crippen molar-refractivity contribution < 1.29 is 23.5 Å². The molecular weight excluding hydrogens is 388 g/mol. The molecule has 2 aliphatic rings. The van der Waals surface area contributed by atoms with Crippen LogP contribution in [0.4, 0.5) is 0 Å². The number of fused-ring (bicyclic) bond motifs is 2. The van der Waals surface area contributed by atoms with Crippen molar-refractivity contribution in [2.75, 3.05) is 19.9 Å². The van der Waals surface area contributed by atoms with Crippen molar-refractivity contribution in [1.82, 2.24) is 9.47 Å². The van der Waals surface area contributed by atoms with Gasteiger partial charge in [0, 0.05) is 24.6 Å². The van der Waals surface area contributed by atoms with E-state index in [1.807, 2.05) is 0 Å². The topological polar surface area (TPSA) is 91.0 Å². The van der Waals surface area contributed by atoms with Crippen LogP contribution >= 0.6 is 0 Å². The minimum Gasteiger partial charge on any atom is -0.454 e. The van der Waals surface area contributed by atoms with Gasteiger partial charge in [-0.1, -0.05) is 12.1 Å². The number of Topliss-reactive ketones (excluding diaryl/α,β-unsaturated/α-hetero) is 1. The maximum Gasteiger partial charge on any atom is 0.420 e. The molecule has 0 bridgehead atoms. The standard InChI is InChI=1S/C22H20N2O6/c25-20(12-24-16-5-1-2-6-17(16)30-22(24)27)23-9-3-4-15(11-23)21(26)14-7-8-18-19(10-14)29-13-28-18/h1-2,5-8,10,15H,3-4,9,11-13H2. The van der Waals surface area contributed by atoms with E-state index in [0.29, 0.717) is 47.7 Å². The first-order valence-corrected chi connectivity index (χ1v) is 9.90. The molecule has 1 amide bonds. The number of nitrogens with zero attached hydrogens (tertiary/aromatic N) is 2. The number of benzene rings is 2. The Morgan fingerprint density at radius 1 is 1.07 bits per heavy atom. The molecule has 3 heterocycles. The lowest BCUT2D eigenvalue weighted by molar-refractivity contribution is -0.133. The van der Waals surface area contributed by atoms with Crippen LogP contribution in [0.3, 0.4) is 0 Å². The fraction of sp³-hybridized carbons (Fsp3) is 0.318. The summed E-state index contributed by atoms with van der Waals surface area (Å²) >= 11 is 0. The fourth-order valence-corrected chi connectivity index (χ4v) is 4.10. The number of hydrogen-bond donors (Lipinski definition) is 0. The van der Waals surface area contributed by atoms with Gasteiger partial charge < -0.3 is 18.8 Å². The molecule has 8 heteroatoms. The molecule has 154 valence electrons. The van der Waals surface area contributed by atoms with Gasteiger partial charge >= 0.3 is 5.76 Å². The smallest absolute Gasteiger partial charge is 0.420 e. The number of piperidine rings is 1. The van der Waals surface area contributed by atoms with Gasteiger partial charge in [-0.15, -0.1) is 0 Å². The number of aromatic nitrogens is 1. The van der Waals surface area contributed by atoms with Crippen LogP contribution in [0, 0.1) is 5.92 Å². The van der Waals surface area contributed by atoms with Crippen molar-refractivity contribution in [3.63, 3.8) is 0 Å². The van der Waals surface area contributed by atoms with E-state index in [-0.39, 0.29) is 30.9 Å². The summed E-state index contributed by atoms with van der Waals surface area (Å²) in [6.07, 6.45) is 1.44. The lowest BCUT2D eigenvalue weighted by Crippen LogP contribution is -2.44. The zero-order valence-electron chi connectivity index (χ0n) is 16.2. The highest BCUT2D eigenvalue weighted by Crippen LogP contribution is 2.34. The second-order valence-corrected chi connectivity index (χ2v) is 7.53. The van der Waals surface area contributed by atoms with Gasteiger partial charge in [0.2, 0.25) is 12.7 Å². The molecule has 1 fully saturated rings. The average Bonchev–Trinajstić information content (AvgIpc) is 3.37. The molecular formula is C22H20N2O6. The molecule has 0 radical (unpaired) electrons. The molecule has 30 heavy (non-hydrogen) atoms.